The van der Waals surface area contributed by atoms with Crippen LogP contribution in [-0.4, -0.2) is 38.9 Å². The molecule has 10 nitrogen and oxygen atoms in total. The number of carbonyl (C=O) groups excluding carboxylic acids is 1. The summed E-state index contributed by atoms with van der Waals surface area (Å²) in [7, 11) is 0. The van der Waals surface area contributed by atoms with Crippen LogP contribution in [0.3, 0.4) is 0 Å². The minimum atomic E-state index is -0.638. The summed E-state index contributed by atoms with van der Waals surface area (Å²) in [6.07, 6.45) is 8.42. The molecule has 42 heavy (non-hydrogen) atoms. The number of piperidine rings is 1. The molecule has 0 saturated carbocycles. The molecule has 3 aromatic heterocycles. The summed E-state index contributed by atoms with van der Waals surface area (Å²) >= 11 is 12.2. The molecule has 216 valence electrons. The summed E-state index contributed by atoms with van der Waals surface area (Å²) < 4.78 is 13.7. The van der Waals surface area contributed by atoms with Crippen molar-refractivity contribution in [2.75, 3.05) is 39.7 Å². The topological polar surface area (TPSA) is 134 Å². The fourth-order valence-electron chi connectivity index (χ4n) is 5.29. The smallest absolute Gasteiger partial charge is 0.229 e. The molecule has 0 unspecified atom stereocenters. The van der Waals surface area contributed by atoms with Gasteiger partial charge in [-0.2, -0.15) is 4.98 Å². The van der Waals surface area contributed by atoms with Gasteiger partial charge in [-0.05, 0) is 67.0 Å². The highest BCUT2D eigenvalue weighted by Gasteiger charge is 2.25. The lowest BCUT2D eigenvalue weighted by atomic mass is 9.93. The van der Waals surface area contributed by atoms with Gasteiger partial charge in [0.25, 0.3) is 0 Å². The molecule has 5 heterocycles. The Balaban J connectivity index is 1.15. The van der Waals surface area contributed by atoms with E-state index in [2.05, 4.69) is 35.9 Å². The average Bonchev–Trinajstić information content (AvgIpc) is 2.97. The Bertz CT molecular complexity index is 1650. The van der Waals surface area contributed by atoms with Crippen LogP contribution in [0.4, 0.5) is 44.7 Å². The van der Waals surface area contributed by atoms with Crippen molar-refractivity contribution in [3.8, 4) is 0 Å². The van der Waals surface area contributed by atoms with E-state index in [0.717, 1.165) is 47.5 Å². The predicted molar refractivity (Wildman–Crippen MR) is 163 cm³/mol. The van der Waals surface area contributed by atoms with Crippen LogP contribution in [0.25, 0.3) is 0 Å². The fraction of sp³-hybridized carbons (Fsp3) is 0.276. The van der Waals surface area contributed by atoms with Crippen molar-refractivity contribution in [1.82, 2.24) is 19.9 Å². The Kier molecular flexibility index (Phi) is 7.94. The van der Waals surface area contributed by atoms with Crippen LogP contribution in [0.1, 0.15) is 30.4 Å². The van der Waals surface area contributed by atoms with Crippen molar-refractivity contribution in [1.29, 1.82) is 0 Å². The number of carbonyl (C=O) groups is 1. The van der Waals surface area contributed by atoms with Crippen LogP contribution in [0, 0.1) is 11.7 Å². The number of pyridine rings is 2. The second-order valence-corrected chi connectivity index (χ2v) is 11.2. The number of rotatable bonds is 4. The van der Waals surface area contributed by atoms with Gasteiger partial charge < -0.3 is 26.6 Å². The average molecular weight is 609 g/mol. The Morgan fingerprint density at radius 2 is 1.88 bits per heavy atom. The molecule has 0 spiro atoms. The van der Waals surface area contributed by atoms with Gasteiger partial charge in [-0.3, -0.25) is 9.78 Å². The van der Waals surface area contributed by atoms with Crippen molar-refractivity contribution < 1.29 is 9.18 Å². The Morgan fingerprint density at radius 3 is 2.71 bits per heavy atom. The number of anilines is 7. The molecule has 5 N–H and O–H groups in total. The van der Waals surface area contributed by atoms with E-state index in [0.29, 0.717) is 48.5 Å². The van der Waals surface area contributed by atoms with Crippen molar-refractivity contribution in [2.45, 2.75) is 32.1 Å². The predicted octanol–water partition coefficient (Wildman–Crippen LogP) is 6.13. The minimum Gasteiger partial charge on any atom is -0.396 e. The van der Waals surface area contributed by atoms with Gasteiger partial charge in [-0.15, -0.1) is 0 Å². The maximum absolute atomic E-state index is 13.7. The molecule has 13 heteroatoms. The highest BCUT2D eigenvalue weighted by atomic mass is 35.5. The van der Waals surface area contributed by atoms with Gasteiger partial charge in [0.2, 0.25) is 11.9 Å². The summed E-state index contributed by atoms with van der Waals surface area (Å²) in [5.41, 5.74) is 10.6. The third-order valence-electron chi connectivity index (χ3n) is 7.45. The first kappa shape index (κ1) is 27.9. The number of nitrogens with one attached hydrogen (secondary N) is 3. The number of amides is 1. The first-order valence-corrected chi connectivity index (χ1v) is 14.4. The summed E-state index contributed by atoms with van der Waals surface area (Å²) in [4.78, 5) is 32.4. The van der Waals surface area contributed by atoms with Crippen LogP contribution in [-0.2, 0) is 17.6 Å². The van der Waals surface area contributed by atoms with E-state index in [-0.39, 0.29) is 22.7 Å². The molecule has 2 aliphatic rings. The SMILES string of the molecule is Nc1cc(F)c(Cl)nc1N1CCC(CC(=O)Nc2ccc3cc2CCc2cncc(c2)Nc2ncc(Cl)c(n2)N3)CC1. The van der Waals surface area contributed by atoms with Gasteiger partial charge in [-0.1, -0.05) is 23.2 Å². The van der Waals surface area contributed by atoms with Crippen molar-refractivity contribution >= 4 is 69.4 Å². The number of nitrogens with zero attached hydrogens (tertiary/aromatic N) is 5. The van der Waals surface area contributed by atoms with Crippen LogP contribution >= 0.6 is 23.2 Å². The normalized spacial score (nSPS) is 15.0. The number of hydrogen-bond donors (Lipinski definition) is 4. The number of aryl methyl sites for hydroxylation is 2. The van der Waals surface area contributed by atoms with E-state index in [1.54, 1.807) is 6.20 Å². The first-order valence-electron chi connectivity index (χ1n) is 13.6. The second kappa shape index (κ2) is 11.9. The molecule has 4 aromatic rings. The summed E-state index contributed by atoms with van der Waals surface area (Å²) in [6, 6.07) is 8.98. The zero-order valence-electron chi connectivity index (χ0n) is 22.5. The number of aromatic nitrogens is 4. The van der Waals surface area contributed by atoms with Crippen molar-refractivity contribution in [3.05, 3.63) is 76.0 Å². The van der Waals surface area contributed by atoms with Crippen molar-refractivity contribution in [2.24, 2.45) is 5.92 Å². The molecule has 6 bridgehead atoms. The largest absolute Gasteiger partial charge is 0.396 e. The number of halogens is 3. The van der Waals surface area contributed by atoms with Crippen molar-refractivity contribution in [3.63, 3.8) is 0 Å². The standard InChI is InChI=1S/C29H28Cl2FN9O/c30-21-15-35-29-37-20-9-17(13-34-14-20)1-2-18-11-19(36-27(21)40-29)3-4-24(18)38-25(42)10-16-5-7-41(8-6-16)28-23(33)12-22(32)26(31)39-28/h3-4,9,11-16H,1-2,5-8,10,33H2,(H,38,42)(H2,35,36,37,40). The number of nitrogen functional groups attached to an aromatic ring is 1. The lowest BCUT2D eigenvalue weighted by Gasteiger charge is -2.33. The molecule has 0 atom stereocenters. The van der Waals surface area contributed by atoms with Gasteiger partial charge in [0, 0.05) is 43.1 Å². The quantitative estimate of drug-likeness (QED) is 0.202. The van der Waals surface area contributed by atoms with Gasteiger partial charge >= 0.3 is 0 Å². The zero-order valence-corrected chi connectivity index (χ0v) is 24.0. The number of benzene rings is 1. The van der Waals surface area contributed by atoms with Crippen LogP contribution in [0.2, 0.25) is 10.2 Å². The third-order valence-corrected chi connectivity index (χ3v) is 7.99. The molecule has 0 radical (unpaired) electrons. The van der Waals surface area contributed by atoms with Gasteiger partial charge in [0.15, 0.2) is 22.6 Å². The van der Waals surface area contributed by atoms with E-state index < -0.39 is 5.82 Å². The van der Waals surface area contributed by atoms with Gasteiger partial charge in [0.1, 0.15) is 5.02 Å². The maximum Gasteiger partial charge on any atom is 0.229 e. The monoisotopic (exact) mass is 607 g/mol. The summed E-state index contributed by atoms with van der Waals surface area (Å²) in [5, 5.41) is 9.77. The van der Waals surface area contributed by atoms with Crippen LogP contribution in [0.5, 0.6) is 0 Å². The maximum atomic E-state index is 13.7. The lowest BCUT2D eigenvalue weighted by Crippen LogP contribution is -2.36. The lowest BCUT2D eigenvalue weighted by molar-refractivity contribution is -0.117. The number of hydrogen-bond acceptors (Lipinski definition) is 9. The Hall–Kier alpha value is -4.22. The van der Waals surface area contributed by atoms with Crippen LogP contribution in [0.15, 0.2) is 48.9 Å². The van der Waals surface area contributed by atoms with E-state index in [9.17, 15) is 9.18 Å². The molecule has 1 aromatic carbocycles. The molecule has 0 aliphatic carbocycles. The molecule has 1 fully saturated rings. The summed E-state index contributed by atoms with van der Waals surface area (Å²) in [5.74, 6) is 0.851. The molecular weight excluding hydrogens is 580 g/mol. The van der Waals surface area contributed by atoms with E-state index in [1.807, 2.05) is 35.4 Å². The zero-order chi connectivity index (χ0) is 29.2. The number of fused-ring (bicyclic) bond motifs is 6. The molecule has 1 amide bonds. The second-order valence-electron chi connectivity index (χ2n) is 10.5. The molecule has 1 saturated heterocycles. The highest BCUT2D eigenvalue weighted by molar-refractivity contribution is 6.33. The van der Waals surface area contributed by atoms with Gasteiger partial charge in [-0.25, -0.2) is 14.4 Å². The van der Waals surface area contributed by atoms with Gasteiger partial charge in [0.05, 0.1) is 23.8 Å². The molecule has 2 aliphatic heterocycles. The first-order chi connectivity index (χ1) is 20.3. The molecule has 6 rings (SSSR count). The fourth-order valence-corrected chi connectivity index (χ4v) is 5.56. The van der Waals surface area contributed by atoms with Crippen LogP contribution < -0.4 is 26.6 Å². The molecular formula is C29H28Cl2FN9O. The van der Waals surface area contributed by atoms with E-state index in [1.165, 1.54) is 12.3 Å². The third kappa shape index (κ3) is 6.32. The van der Waals surface area contributed by atoms with E-state index in [4.69, 9.17) is 28.9 Å². The summed E-state index contributed by atoms with van der Waals surface area (Å²) in [6.45, 7) is 1.30. The minimum absolute atomic E-state index is 0.0489. The number of nitrogens with two attached hydrogens (primary N) is 1. The Morgan fingerprint density at radius 1 is 1.05 bits per heavy atom. The van der Waals surface area contributed by atoms with E-state index >= 15 is 0 Å². The highest BCUT2D eigenvalue weighted by Crippen LogP contribution is 2.32. The Labute approximate surface area is 251 Å².